The molecule has 0 unspecified atom stereocenters. The third kappa shape index (κ3) is 3.84. The highest BCUT2D eigenvalue weighted by molar-refractivity contribution is 5.48. The predicted octanol–water partition coefficient (Wildman–Crippen LogP) is 2.57. The summed E-state index contributed by atoms with van der Waals surface area (Å²) in [6, 6.07) is 11.8. The minimum absolute atomic E-state index is 0.604. The quantitative estimate of drug-likeness (QED) is 0.826. The molecule has 0 spiro atoms. The number of para-hydroxylation sites is 1. The zero-order valence-corrected chi connectivity index (χ0v) is 12.0. The highest BCUT2D eigenvalue weighted by Crippen LogP contribution is 2.19. The third-order valence-corrected chi connectivity index (χ3v) is 3.50. The Kier molecular flexibility index (Phi) is 4.51. The Morgan fingerprint density at radius 1 is 1.10 bits per heavy atom. The average molecular weight is 284 g/mol. The van der Waals surface area contributed by atoms with Crippen molar-refractivity contribution in [3.05, 3.63) is 42.7 Å². The highest BCUT2D eigenvalue weighted by atomic mass is 16.5. The van der Waals surface area contributed by atoms with Crippen molar-refractivity contribution in [2.24, 2.45) is 0 Å². The number of aromatic nitrogens is 2. The molecule has 110 valence electrons. The fourth-order valence-corrected chi connectivity index (χ4v) is 2.43. The molecule has 5 nitrogen and oxygen atoms in total. The van der Waals surface area contributed by atoms with Crippen molar-refractivity contribution in [3.63, 3.8) is 0 Å². The van der Waals surface area contributed by atoms with Gasteiger partial charge in [0.1, 0.15) is 30.3 Å². The lowest BCUT2D eigenvalue weighted by atomic mass is 10.3. The Bertz CT molecular complexity index is 555. The number of anilines is 2. The van der Waals surface area contributed by atoms with Crippen LogP contribution in [0, 0.1) is 0 Å². The van der Waals surface area contributed by atoms with E-state index in [9.17, 15) is 0 Å². The molecule has 0 atom stereocenters. The fraction of sp³-hybridized carbons (Fsp3) is 0.375. The molecule has 1 aromatic heterocycles. The Hall–Kier alpha value is -2.30. The van der Waals surface area contributed by atoms with E-state index in [0.717, 1.165) is 30.5 Å². The first-order chi connectivity index (χ1) is 10.4. The number of rotatable bonds is 6. The van der Waals surface area contributed by atoms with Crippen LogP contribution in [-0.4, -0.2) is 36.2 Å². The van der Waals surface area contributed by atoms with E-state index in [-0.39, 0.29) is 0 Å². The van der Waals surface area contributed by atoms with Gasteiger partial charge < -0.3 is 15.0 Å². The second-order valence-corrected chi connectivity index (χ2v) is 5.04. The number of benzene rings is 1. The Morgan fingerprint density at radius 2 is 1.90 bits per heavy atom. The van der Waals surface area contributed by atoms with Crippen LogP contribution in [0.15, 0.2) is 42.7 Å². The largest absolute Gasteiger partial charge is 0.492 e. The van der Waals surface area contributed by atoms with Crippen LogP contribution in [0.2, 0.25) is 0 Å². The van der Waals surface area contributed by atoms with E-state index in [1.807, 2.05) is 36.4 Å². The summed E-state index contributed by atoms with van der Waals surface area (Å²) in [7, 11) is 0. The van der Waals surface area contributed by atoms with Crippen LogP contribution in [0.5, 0.6) is 5.75 Å². The van der Waals surface area contributed by atoms with E-state index in [1.165, 1.54) is 12.8 Å². The standard InChI is InChI=1S/C16H20N4O/c1-2-6-14(7-3-1)21-11-8-17-15-12-16(19-13-18-15)20-9-4-5-10-20/h1-3,6-7,12-13H,4-5,8-11H2,(H,17,18,19). The minimum atomic E-state index is 0.604. The molecule has 0 aliphatic carbocycles. The molecule has 1 aliphatic heterocycles. The van der Waals surface area contributed by atoms with Gasteiger partial charge in [0.05, 0.1) is 6.54 Å². The molecule has 21 heavy (non-hydrogen) atoms. The summed E-state index contributed by atoms with van der Waals surface area (Å²) in [6.45, 7) is 3.50. The summed E-state index contributed by atoms with van der Waals surface area (Å²) in [6.07, 6.45) is 4.11. The molecule has 2 aromatic rings. The minimum Gasteiger partial charge on any atom is -0.492 e. The summed E-state index contributed by atoms with van der Waals surface area (Å²) in [5.41, 5.74) is 0. The van der Waals surface area contributed by atoms with E-state index < -0.39 is 0 Å². The molecule has 1 aliphatic rings. The first-order valence-corrected chi connectivity index (χ1v) is 7.40. The van der Waals surface area contributed by atoms with Gasteiger partial charge in [-0.25, -0.2) is 9.97 Å². The topological polar surface area (TPSA) is 50.3 Å². The first kappa shape index (κ1) is 13.7. The maximum absolute atomic E-state index is 5.64. The summed E-state index contributed by atoms with van der Waals surface area (Å²) in [5, 5.41) is 3.28. The monoisotopic (exact) mass is 284 g/mol. The van der Waals surface area contributed by atoms with Crippen LogP contribution in [0.3, 0.4) is 0 Å². The number of nitrogens with one attached hydrogen (secondary N) is 1. The highest BCUT2D eigenvalue weighted by Gasteiger charge is 2.13. The van der Waals surface area contributed by atoms with Crippen LogP contribution in [0.25, 0.3) is 0 Å². The van der Waals surface area contributed by atoms with Crippen molar-refractivity contribution in [2.45, 2.75) is 12.8 Å². The van der Waals surface area contributed by atoms with Gasteiger partial charge in [0.2, 0.25) is 0 Å². The predicted molar refractivity (Wildman–Crippen MR) is 83.9 cm³/mol. The molecule has 1 fully saturated rings. The summed E-state index contributed by atoms with van der Waals surface area (Å²) in [5.74, 6) is 2.75. The van der Waals surface area contributed by atoms with Crippen molar-refractivity contribution in [2.75, 3.05) is 36.5 Å². The molecule has 0 radical (unpaired) electrons. The maximum atomic E-state index is 5.64. The Labute approximate surface area is 125 Å². The lowest BCUT2D eigenvalue weighted by Crippen LogP contribution is -2.19. The lowest BCUT2D eigenvalue weighted by Gasteiger charge is -2.16. The summed E-state index contributed by atoms with van der Waals surface area (Å²) >= 11 is 0. The molecular weight excluding hydrogens is 264 g/mol. The molecule has 0 saturated carbocycles. The molecule has 0 amide bonds. The lowest BCUT2D eigenvalue weighted by molar-refractivity contribution is 0.333. The Morgan fingerprint density at radius 3 is 2.71 bits per heavy atom. The van der Waals surface area contributed by atoms with Gasteiger partial charge in [-0.3, -0.25) is 0 Å². The molecule has 0 bridgehead atoms. The van der Waals surface area contributed by atoms with Crippen molar-refractivity contribution in [3.8, 4) is 5.75 Å². The van der Waals surface area contributed by atoms with Crippen LogP contribution in [-0.2, 0) is 0 Å². The fourth-order valence-electron chi connectivity index (χ4n) is 2.43. The third-order valence-electron chi connectivity index (χ3n) is 3.50. The van der Waals surface area contributed by atoms with Crippen LogP contribution in [0.4, 0.5) is 11.6 Å². The number of nitrogens with zero attached hydrogens (tertiary/aromatic N) is 3. The van der Waals surface area contributed by atoms with Crippen LogP contribution < -0.4 is 15.0 Å². The molecule has 2 heterocycles. The second kappa shape index (κ2) is 6.92. The van der Waals surface area contributed by atoms with Crippen LogP contribution in [0.1, 0.15) is 12.8 Å². The summed E-state index contributed by atoms with van der Waals surface area (Å²) in [4.78, 5) is 10.9. The molecule has 1 aromatic carbocycles. The van der Waals surface area contributed by atoms with Crippen LogP contribution >= 0.6 is 0 Å². The van der Waals surface area contributed by atoms with Gasteiger partial charge in [0.15, 0.2) is 0 Å². The van der Waals surface area contributed by atoms with Gasteiger partial charge in [-0.2, -0.15) is 0 Å². The van der Waals surface area contributed by atoms with Crippen molar-refractivity contribution >= 4 is 11.6 Å². The molecular formula is C16H20N4O. The number of hydrogen-bond acceptors (Lipinski definition) is 5. The smallest absolute Gasteiger partial charge is 0.134 e. The van der Waals surface area contributed by atoms with E-state index in [4.69, 9.17) is 4.74 Å². The first-order valence-electron chi connectivity index (χ1n) is 7.40. The normalized spacial score (nSPS) is 14.2. The van der Waals surface area contributed by atoms with Gasteiger partial charge in [0, 0.05) is 19.2 Å². The van der Waals surface area contributed by atoms with E-state index in [2.05, 4.69) is 20.2 Å². The SMILES string of the molecule is c1ccc(OCCNc2cc(N3CCCC3)ncn2)cc1. The average Bonchev–Trinajstić information content (AvgIpc) is 3.07. The molecule has 5 heteroatoms. The van der Waals surface area contributed by atoms with Crippen molar-refractivity contribution in [1.82, 2.24) is 9.97 Å². The zero-order chi connectivity index (χ0) is 14.3. The van der Waals surface area contributed by atoms with Crippen molar-refractivity contribution in [1.29, 1.82) is 0 Å². The van der Waals surface area contributed by atoms with E-state index in [0.29, 0.717) is 13.2 Å². The van der Waals surface area contributed by atoms with Gasteiger partial charge in [0.25, 0.3) is 0 Å². The van der Waals surface area contributed by atoms with Gasteiger partial charge in [-0.05, 0) is 25.0 Å². The van der Waals surface area contributed by atoms with Gasteiger partial charge in [-0.15, -0.1) is 0 Å². The number of hydrogen-bond donors (Lipinski definition) is 1. The van der Waals surface area contributed by atoms with Gasteiger partial charge in [-0.1, -0.05) is 18.2 Å². The zero-order valence-electron chi connectivity index (χ0n) is 12.0. The molecule has 1 N–H and O–H groups in total. The maximum Gasteiger partial charge on any atom is 0.134 e. The van der Waals surface area contributed by atoms with Crippen molar-refractivity contribution < 1.29 is 4.74 Å². The second-order valence-electron chi connectivity index (χ2n) is 5.04. The Balaban J connectivity index is 1.48. The molecule has 3 rings (SSSR count). The molecule has 1 saturated heterocycles. The number of ether oxygens (including phenoxy) is 1. The van der Waals surface area contributed by atoms with E-state index in [1.54, 1.807) is 6.33 Å². The summed E-state index contributed by atoms with van der Waals surface area (Å²) < 4.78 is 5.64. The van der Waals surface area contributed by atoms with Gasteiger partial charge >= 0.3 is 0 Å². The van der Waals surface area contributed by atoms with E-state index >= 15 is 0 Å².